The minimum absolute atomic E-state index is 0. The first-order valence-electron chi connectivity index (χ1n) is 5.47. The molecule has 0 aliphatic rings. The lowest BCUT2D eigenvalue weighted by molar-refractivity contribution is -0.146. The number of carbonyl (C=O) groups is 4. The van der Waals surface area contributed by atoms with E-state index in [1.807, 2.05) is 0 Å². The molecule has 13 heteroatoms. The molecule has 23 heavy (non-hydrogen) atoms. The van der Waals surface area contributed by atoms with Crippen molar-refractivity contribution >= 4 is 23.9 Å². The molecule has 0 aliphatic carbocycles. The van der Waals surface area contributed by atoms with E-state index in [2.05, 4.69) is 5.32 Å². The normalized spacial score (nSPS) is 11.0. The second-order valence-corrected chi connectivity index (χ2v) is 4.25. The van der Waals surface area contributed by atoms with E-state index in [9.17, 15) is 19.2 Å². The van der Waals surface area contributed by atoms with E-state index in [1.165, 1.54) is 0 Å². The van der Waals surface area contributed by atoms with Gasteiger partial charge in [0, 0.05) is 6.04 Å². The van der Waals surface area contributed by atoms with E-state index in [4.69, 9.17) is 26.2 Å². The fourth-order valence-corrected chi connectivity index (χ4v) is 1.76. The highest BCUT2D eigenvalue weighted by atomic mass is 16.4. The van der Waals surface area contributed by atoms with Crippen LogP contribution in [0.2, 0.25) is 0 Å². The van der Waals surface area contributed by atoms with Crippen LogP contribution >= 0.6 is 0 Å². The Labute approximate surface area is 129 Å². The number of hydrogen-bond donors (Lipinski definition) is 6. The quantitative estimate of drug-likeness (QED) is 0.221. The zero-order valence-corrected chi connectivity index (χ0v) is 11.9. The summed E-state index contributed by atoms with van der Waals surface area (Å²) in [6.45, 7) is -0.742. The average Bonchev–Trinajstić information content (AvgIpc) is 2.23. The first-order valence-corrected chi connectivity index (χ1v) is 5.47. The average molecular weight is 346 g/mol. The van der Waals surface area contributed by atoms with E-state index >= 15 is 0 Å². The maximum Gasteiger partial charge on any atom is 0.317 e. The Bertz CT molecular complexity index is 396. The van der Waals surface area contributed by atoms with Gasteiger partial charge in [-0.15, -0.1) is 0 Å². The highest BCUT2D eigenvalue weighted by Gasteiger charge is 2.42. The Balaban J connectivity index is -0.000000602. The van der Waals surface area contributed by atoms with Gasteiger partial charge in [0.25, 0.3) is 0 Å². The van der Waals surface area contributed by atoms with Crippen molar-refractivity contribution in [3.05, 3.63) is 0 Å². The van der Waals surface area contributed by atoms with Crippen molar-refractivity contribution in [2.24, 2.45) is 5.73 Å². The van der Waals surface area contributed by atoms with Crippen LogP contribution in [0.25, 0.3) is 0 Å². The van der Waals surface area contributed by atoms with Crippen LogP contribution in [0.5, 0.6) is 0 Å². The number of aliphatic carboxylic acids is 4. The molecule has 0 spiro atoms. The van der Waals surface area contributed by atoms with Crippen molar-refractivity contribution < 1.29 is 56.0 Å². The molecule has 0 bridgehead atoms. The number of nitrogens with one attached hydrogen (secondary N) is 1. The maximum absolute atomic E-state index is 10.8. The summed E-state index contributed by atoms with van der Waals surface area (Å²) in [5.74, 6) is -5.56. The molecule has 1 atom stereocenters. The molecular weight excluding hydrogens is 324 g/mol. The Morgan fingerprint density at radius 1 is 0.826 bits per heavy atom. The molecule has 1 unspecified atom stereocenters. The highest BCUT2D eigenvalue weighted by molar-refractivity contribution is 5.75. The van der Waals surface area contributed by atoms with Gasteiger partial charge in [-0.05, 0) is 0 Å². The molecule has 13 nitrogen and oxygen atoms in total. The van der Waals surface area contributed by atoms with E-state index in [0.717, 1.165) is 0 Å². The van der Waals surface area contributed by atoms with Gasteiger partial charge in [-0.25, -0.2) is 0 Å². The van der Waals surface area contributed by atoms with Gasteiger partial charge in [-0.3, -0.25) is 24.5 Å². The third-order valence-electron chi connectivity index (χ3n) is 2.63. The molecule has 0 amide bonds. The number of hydrogen-bond acceptors (Lipinski definition) is 6. The Kier molecular flexibility index (Phi) is 15.3. The van der Waals surface area contributed by atoms with Crippen molar-refractivity contribution in [3.63, 3.8) is 0 Å². The minimum Gasteiger partial charge on any atom is -0.481 e. The standard InChI is InChI=1S/C10H16N2O8.3H2O/c11-5(1-6(13)14)10(2-7(15)16,3-8(17)18)12-4-9(19)20;;;/h5,12H,1-4,11H2,(H,13,14)(H,15,16)(H,17,18)(H,19,20);3*1H2. The van der Waals surface area contributed by atoms with Gasteiger partial charge < -0.3 is 42.6 Å². The number of carboxylic acids is 4. The predicted molar refractivity (Wildman–Crippen MR) is 73.9 cm³/mol. The molecule has 0 aliphatic heterocycles. The summed E-state index contributed by atoms with van der Waals surface area (Å²) >= 11 is 0. The van der Waals surface area contributed by atoms with Crippen LogP contribution in [-0.2, 0) is 19.2 Å². The van der Waals surface area contributed by atoms with Crippen LogP contribution in [0.4, 0.5) is 0 Å². The number of rotatable bonds is 10. The van der Waals surface area contributed by atoms with Crippen molar-refractivity contribution in [1.29, 1.82) is 0 Å². The zero-order valence-electron chi connectivity index (χ0n) is 11.9. The molecule has 0 saturated heterocycles. The molecule has 0 rings (SSSR count). The molecule has 0 aromatic carbocycles. The first kappa shape index (κ1) is 28.8. The van der Waals surface area contributed by atoms with Crippen LogP contribution in [0.15, 0.2) is 0 Å². The Morgan fingerprint density at radius 3 is 1.48 bits per heavy atom. The van der Waals surface area contributed by atoms with Gasteiger partial charge in [0.2, 0.25) is 0 Å². The molecule has 0 saturated carbocycles. The number of carboxylic acid groups (broad SMARTS) is 4. The summed E-state index contributed by atoms with van der Waals surface area (Å²) in [7, 11) is 0. The molecule has 0 aromatic rings. The van der Waals surface area contributed by atoms with Crippen LogP contribution < -0.4 is 11.1 Å². The molecule has 138 valence electrons. The fourth-order valence-electron chi connectivity index (χ4n) is 1.76. The topological polar surface area (TPSA) is 282 Å². The lowest BCUT2D eigenvalue weighted by atomic mass is 9.82. The zero-order chi connectivity index (χ0) is 15.9. The largest absolute Gasteiger partial charge is 0.481 e. The molecule has 0 radical (unpaired) electrons. The second kappa shape index (κ2) is 12.2. The monoisotopic (exact) mass is 346 g/mol. The van der Waals surface area contributed by atoms with Crippen molar-refractivity contribution in [1.82, 2.24) is 5.32 Å². The van der Waals surface area contributed by atoms with E-state index < -0.39 is 61.3 Å². The van der Waals surface area contributed by atoms with Gasteiger partial charge in [0.05, 0.1) is 31.3 Å². The Morgan fingerprint density at radius 2 is 1.22 bits per heavy atom. The van der Waals surface area contributed by atoms with Gasteiger partial charge in [-0.2, -0.15) is 0 Å². The van der Waals surface area contributed by atoms with Gasteiger partial charge in [0.15, 0.2) is 0 Å². The third kappa shape index (κ3) is 11.0. The van der Waals surface area contributed by atoms with Crippen LogP contribution in [0.1, 0.15) is 19.3 Å². The van der Waals surface area contributed by atoms with Crippen molar-refractivity contribution in [2.45, 2.75) is 30.8 Å². The predicted octanol–water partition coefficient (Wildman–Crippen LogP) is -4.32. The smallest absolute Gasteiger partial charge is 0.317 e. The first-order chi connectivity index (χ1) is 9.09. The van der Waals surface area contributed by atoms with Gasteiger partial charge in [-0.1, -0.05) is 0 Å². The van der Waals surface area contributed by atoms with E-state index in [1.54, 1.807) is 0 Å². The maximum atomic E-state index is 10.8. The summed E-state index contributed by atoms with van der Waals surface area (Å²) in [5, 5.41) is 37.2. The summed E-state index contributed by atoms with van der Waals surface area (Å²) in [6.07, 6.45) is -2.34. The van der Waals surface area contributed by atoms with Crippen LogP contribution in [-0.4, -0.2) is 78.9 Å². The summed E-state index contributed by atoms with van der Waals surface area (Å²) < 4.78 is 0. The van der Waals surface area contributed by atoms with Crippen LogP contribution in [0, 0.1) is 0 Å². The molecule has 0 aromatic heterocycles. The number of nitrogens with two attached hydrogens (primary N) is 1. The third-order valence-corrected chi connectivity index (χ3v) is 2.63. The van der Waals surface area contributed by atoms with Crippen molar-refractivity contribution in [2.75, 3.05) is 6.54 Å². The molecule has 0 fully saturated rings. The lowest BCUT2D eigenvalue weighted by Crippen LogP contribution is -2.61. The molecule has 13 N–H and O–H groups in total. The summed E-state index contributed by atoms with van der Waals surface area (Å²) in [5.41, 5.74) is 3.71. The van der Waals surface area contributed by atoms with E-state index in [0.29, 0.717) is 0 Å². The van der Waals surface area contributed by atoms with Gasteiger partial charge >= 0.3 is 23.9 Å². The summed E-state index contributed by atoms with van der Waals surface area (Å²) in [6, 6.07) is -1.38. The highest BCUT2D eigenvalue weighted by Crippen LogP contribution is 2.22. The molecule has 0 heterocycles. The second-order valence-electron chi connectivity index (χ2n) is 4.25. The SMILES string of the molecule is NC(CC(=O)O)C(CC(=O)O)(CC(=O)O)NCC(=O)O.O.O.O. The minimum atomic E-state index is -1.87. The Hall–Kier alpha value is -2.32. The fraction of sp³-hybridized carbons (Fsp3) is 0.600. The molecular formula is C10H22N2O11. The lowest BCUT2D eigenvalue weighted by Gasteiger charge is -2.36. The van der Waals surface area contributed by atoms with Crippen LogP contribution in [0.3, 0.4) is 0 Å². The van der Waals surface area contributed by atoms with E-state index in [-0.39, 0.29) is 16.4 Å². The van der Waals surface area contributed by atoms with Gasteiger partial charge in [0.1, 0.15) is 0 Å². The van der Waals surface area contributed by atoms with Crippen molar-refractivity contribution in [3.8, 4) is 0 Å². The summed E-state index contributed by atoms with van der Waals surface area (Å²) in [4.78, 5) is 42.9.